The van der Waals surface area contributed by atoms with Crippen molar-refractivity contribution >= 4 is 5.91 Å². The summed E-state index contributed by atoms with van der Waals surface area (Å²) in [6, 6.07) is 11.0. The number of benzene rings is 1. The van der Waals surface area contributed by atoms with Crippen LogP contribution in [0, 0.1) is 0 Å². The van der Waals surface area contributed by atoms with Gasteiger partial charge in [-0.25, -0.2) is 0 Å². The fourth-order valence-electron chi connectivity index (χ4n) is 1.67. The molecule has 0 spiro atoms. The average molecular weight is 245 g/mol. The van der Waals surface area contributed by atoms with E-state index in [4.69, 9.17) is 9.52 Å². The minimum absolute atomic E-state index is 0.104. The number of hydrogen-bond acceptors (Lipinski definition) is 3. The smallest absolute Gasteiger partial charge is 0.287 e. The Hall–Kier alpha value is -2.07. The van der Waals surface area contributed by atoms with Gasteiger partial charge in [0, 0.05) is 11.6 Å². The summed E-state index contributed by atoms with van der Waals surface area (Å²) in [4.78, 5) is 12.0. The van der Waals surface area contributed by atoms with Crippen molar-refractivity contribution < 1.29 is 14.3 Å². The summed E-state index contributed by atoms with van der Waals surface area (Å²) in [6.07, 6.45) is 1.49. The highest BCUT2D eigenvalue weighted by atomic mass is 16.3. The van der Waals surface area contributed by atoms with E-state index in [1.54, 1.807) is 13.0 Å². The molecule has 1 atom stereocenters. The van der Waals surface area contributed by atoms with Crippen LogP contribution in [0.4, 0.5) is 0 Å². The van der Waals surface area contributed by atoms with Gasteiger partial charge in [-0.05, 0) is 18.6 Å². The summed E-state index contributed by atoms with van der Waals surface area (Å²) in [5, 5.41) is 11.6. The van der Waals surface area contributed by atoms with Gasteiger partial charge >= 0.3 is 0 Å². The first-order chi connectivity index (χ1) is 8.72. The van der Waals surface area contributed by atoms with Crippen LogP contribution in [0.15, 0.2) is 47.1 Å². The minimum Gasteiger partial charge on any atom is -0.459 e. The summed E-state index contributed by atoms with van der Waals surface area (Å²) in [6.45, 7) is 1.62. The van der Waals surface area contributed by atoms with Crippen LogP contribution in [-0.2, 0) is 0 Å². The lowest BCUT2D eigenvalue weighted by atomic mass is 10.1. The lowest BCUT2D eigenvalue weighted by Crippen LogP contribution is -2.35. The van der Waals surface area contributed by atoms with Crippen molar-refractivity contribution in [2.75, 3.05) is 6.61 Å². The number of carbonyl (C=O) groups excluding carboxylic acids is 1. The summed E-state index contributed by atoms with van der Waals surface area (Å²) in [5.74, 6) is -0.0538. The highest BCUT2D eigenvalue weighted by Gasteiger charge is 2.17. The Balaban J connectivity index is 2.26. The molecule has 2 rings (SSSR count). The largest absolute Gasteiger partial charge is 0.459 e. The Morgan fingerprint density at radius 3 is 2.72 bits per heavy atom. The maximum atomic E-state index is 12.0. The molecule has 18 heavy (non-hydrogen) atoms. The predicted octanol–water partition coefficient (Wildman–Crippen LogP) is 2.06. The van der Waals surface area contributed by atoms with Gasteiger partial charge in [0.25, 0.3) is 5.91 Å². The molecule has 0 saturated carbocycles. The molecule has 2 N–H and O–H groups in total. The van der Waals surface area contributed by atoms with Crippen LogP contribution in [0.2, 0.25) is 0 Å². The van der Waals surface area contributed by atoms with E-state index in [2.05, 4.69) is 5.32 Å². The Morgan fingerprint density at radius 1 is 1.33 bits per heavy atom. The molecule has 94 valence electrons. The van der Waals surface area contributed by atoms with Crippen molar-refractivity contribution in [2.45, 2.75) is 13.0 Å². The lowest BCUT2D eigenvalue weighted by Gasteiger charge is -2.10. The third kappa shape index (κ3) is 2.60. The van der Waals surface area contributed by atoms with Gasteiger partial charge in [-0.15, -0.1) is 0 Å². The van der Waals surface area contributed by atoms with Gasteiger partial charge < -0.3 is 14.8 Å². The van der Waals surface area contributed by atoms with Gasteiger partial charge in [-0.2, -0.15) is 0 Å². The standard InChI is InChI=1S/C14H15NO3/c1-10(9-16)15-14(17)13-12(7-8-18-13)11-5-3-2-4-6-11/h2-8,10,16H,9H2,1H3,(H,15,17). The number of rotatable bonds is 4. The number of carbonyl (C=O) groups is 1. The quantitative estimate of drug-likeness (QED) is 0.866. The van der Waals surface area contributed by atoms with Crippen LogP contribution >= 0.6 is 0 Å². The molecular formula is C14H15NO3. The Kier molecular flexibility index (Phi) is 3.79. The third-order valence-corrected chi connectivity index (χ3v) is 2.61. The highest BCUT2D eigenvalue weighted by Crippen LogP contribution is 2.24. The molecule has 4 nitrogen and oxygen atoms in total. The lowest BCUT2D eigenvalue weighted by molar-refractivity contribution is 0.0895. The molecule has 0 radical (unpaired) electrons. The van der Waals surface area contributed by atoms with E-state index < -0.39 is 0 Å². The fraction of sp³-hybridized carbons (Fsp3) is 0.214. The monoisotopic (exact) mass is 245 g/mol. The van der Waals surface area contributed by atoms with E-state index in [1.807, 2.05) is 30.3 Å². The normalized spacial score (nSPS) is 12.1. The van der Waals surface area contributed by atoms with Gasteiger partial charge in [0.05, 0.1) is 12.9 Å². The Morgan fingerprint density at radius 2 is 2.06 bits per heavy atom. The Labute approximate surface area is 105 Å². The first-order valence-electron chi connectivity index (χ1n) is 5.77. The molecule has 1 unspecified atom stereocenters. The molecule has 0 aliphatic heterocycles. The molecule has 0 fully saturated rings. The summed E-state index contributed by atoms with van der Waals surface area (Å²) in [7, 11) is 0. The number of nitrogens with one attached hydrogen (secondary N) is 1. The number of hydrogen-bond donors (Lipinski definition) is 2. The van der Waals surface area contributed by atoms with Crippen molar-refractivity contribution in [3.8, 4) is 11.1 Å². The molecule has 0 bridgehead atoms. The predicted molar refractivity (Wildman–Crippen MR) is 68.2 cm³/mol. The number of aliphatic hydroxyl groups excluding tert-OH is 1. The molecule has 1 aromatic heterocycles. The number of amides is 1. The molecule has 2 aromatic rings. The molecule has 4 heteroatoms. The zero-order valence-corrected chi connectivity index (χ0v) is 10.1. The summed E-state index contributed by atoms with van der Waals surface area (Å²) in [5.41, 5.74) is 1.67. The van der Waals surface area contributed by atoms with Crippen molar-refractivity contribution in [2.24, 2.45) is 0 Å². The minimum atomic E-state index is -0.319. The van der Waals surface area contributed by atoms with Crippen LogP contribution < -0.4 is 5.32 Å². The second kappa shape index (κ2) is 5.51. The van der Waals surface area contributed by atoms with Gasteiger partial charge in [-0.3, -0.25) is 4.79 Å². The molecule has 0 saturated heterocycles. The second-order valence-corrected chi connectivity index (χ2v) is 4.09. The van der Waals surface area contributed by atoms with Gasteiger partial charge in [-0.1, -0.05) is 30.3 Å². The molecule has 1 heterocycles. The molecular weight excluding hydrogens is 230 g/mol. The summed E-state index contributed by atoms with van der Waals surface area (Å²) < 4.78 is 5.23. The zero-order valence-electron chi connectivity index (χ0n) is 10.1. The maximum absolute atomic E-state index is 12.0. The number of aliphatic hydroxyl groups is 1. The number of furan rings is 1. The first kappa shape index (κ1) is 12.4. The van der Waals surface area contributed by atoms with Gasteiger partial charge in [0.15, 0.2) is 5.76 Å². The maximum Gasteiger partial charge on any atom is 0.287 e. The van der Waals surface area contributed by atoms with Gasteiger partial charge in [0.2, 0.25) is 0 Å². The van der Waals surface area contributed by atoms with Crippen molar-refractivity contribution in [3.05, 3.63) is 48.4 Å². The topological polar surface area (TPSA) is 62.5 Å². The van der Waals surface area contributed by atoms with Crippen LogP contribution in [0.1, 0.15) is 17.5 Å². The zero-order chi connectivity index (χ0) is 13.0. The summed E-state index contributed by atoms with van der Waals surface area (Å²) >= 11 is 0. The molecule has 1 amide bonds. The SMILES string of the molecule is CC(CO)NC(=O)c1occc1-c1ccccc1. The second-order valence-electron chi connectivity index (χ2n) is 4.09. The highest BCUT2D eigenvalue weighted by molar-refractivity contribution is 5.98. The van der Waals surface area contributed by atoms with Crippen LogP contribution in [0.25, 0.3) is 11.1 Å². The van der Waals surface area contributed by atoms with Crippen molar-refractivity contribution in [1.82, 2.24) is 5.32 Å². The fourth-order valence-corrected chi connectivity index (χ4v) is 1.67. The molecule has 0 aliphatic rings. The third-order valence-electron chi connectivity index (χ3n) is 2.61. The van der Waals surface area contributed by atoms with E-state index in [0.29, 0.717) is 0 Å². The van der Waals surface area contributed by atoms with E-state index in [0.717, 1.165) is 11.1 Å². The van der Waals surface area contributed by atoms with Crippen LogP contribution in [-0.4, -0.2) is 23.7 Å². The first-order valence-corrected chi connectivity index (χ1v) is 5.77. The van der Waals surface area contributed by atoms with Gasteiger partial charge in [0.1, 0.15) is 0 Å². The Bertz CT molecular complexity index is 519. The van der Waals surface area contributed by atoms with Crippen LogP contribution in [0.5, 0.6) is 0 Å². The van der Waals surface area contributed by atoms with Crippen molar-refractivity contribution in [1.29, 1.82) is 0 Å². The van der Waals surface area contributed by atoms with Crippen molar-refractivity contribution in [3.63, 3.8) is 0 Å². The van der Waals surface area contributed by atoms with E-state index >= 15 is 0 Å². The molecule has 1 aromatic carbocycles. The van der Waals surface area contributed by atoms with E-state index in [9.17, 15) is 4.79 Å². The molecule has 0 aliphatic carbocycles. The van der Waals surface area contributed by atoms with E-state index in [-0.39, 0.29) is 24.3 Å². The average Bonchev–Trinajstić information content (AvgIpc) is 2.88. The van der Waals surface area contributed by atoms with E-state index in [1.165, 1.54) is 6.26 Å². The van der Waals surface area contributed by atoms with Crippen LogP contribution in [0.3, 0.4) is 0 Å².